The number of hydrogen-bond acceptors (Lipinski definition) is 6. The van der Waals surface area contributed by atoms with Gasteiger partial charge in [-0.3, -0.25) is 0 Å². The minimum Gasteiger partial charge on any atom is -0.465 e. The number of hydrazine groups is 1. The highest BCUT2D eigenvalue weighted by molar-refractivity contribution is 5.90. The summed E-state index contributed by atoms with van der Waals surface area (Å²) in [6.07, 6.45) is 0. The summed E-state index contributed by atoms with van der Waals surface area (Å²) < 4.78 is 4.68. The van der Waals surface area contributed by atoms with Crippen molar-refractivity contribution in [2.75, 3.05) is 18.3 Å². The Kier molecular flexibility index (Phi) is 3.63. The van der Waals surface area contributed by atoms with E-state index in [4.69, 9.17) is 11.6 Å². The number of rotatable bonds is 3. The molecule has 98 valence electrons. The fraction of sp³-hybridized carbons (Fsp3) is 0.0769. The average Bonchev–Trinajstić information content (AvgIpc) is 2.47. The van der Waals surface area contributed by atoms with Crippen LogP contribution in [-0.4, -0.2) is 18.1 Å². The predicted molar refractivity (Wildman–Crippen MR) is 73.2 cm³/mol. The zero-order chi connectivity index (χ0) is 13.8. The van der Waals surface area contributed by atoms with E-state index >= 15 is 0 Å². The molecule has 0 unspecified atom stereocenters. The number of methoxy groups -OCH3 is 1. The molecule has 1 heterocycles. The van der Waals surface area contributed by atoms with Gasteiger partial charge in [0.15, 0.2) is 5.82 Å². The standard InChI is InChI=1S/C13H14N4O2/c1-19-13(18)9-4-2-3-8(7-9)11-6-5-10(14)12(16-11)17-15/h2-7H,14-15H2,1H3,(H,16,17). The van der Waals surface area contributed by atoms with Gasteiger partial charge in [-0.25, -0.2) is 15.6 Å². The molecular weight excluding hydrogens is 244 g/mol. The number of anilines is 2. The van der Waals surface area contributed by atoms with Crippen LogP contribution >= 0.6 is 0 Å². The molecule has 6 heteroatoms. The van der Waals surface area contributed by atoms with E-state index in [0.717, 1.165) is 5.56 Å². The molecule has 0 atom stereocenters. The molecule has 19 heavy (non-hydrogen) atoms. The van der Waals surface area contributed by atoms with Gasteiger partial charge in [-0.15, -0.1) is 0 Å². The van der Waals surface area contributed by atoms with Gasteiger partial charge in [0.25, 0.3) is 0 Å². The van der Waals surface area contributed by atoms with Crippen LogP contribution in [0.5, 0.6) is 0 Å². The second-order valence-electron chi connectivity index (χ2n) is 3.85. The van der Waals surface area contributed by atoms with Crippen LogP contribution in [0.2, 0.25) is 0 Å². The summed E-state index contributed by atoms with van der Waals surface area (Å²) in [6, 6.07) is 10.4. The number of nitrogens with one attached hydrogen (secondary N) is 1. The molecule has 2 rings (SSSR count). The van der Waals surface area contributed by atoms with Gasteiger partial charge >= 0.3 is 5.97 Å². The maximum absolute atomic E-state index is 11.5. The number of carbonyl (C=O) groups excluding carboxylic acids is 1. The molecule has 0 aliphatic rings. The molecule has 0 bridgehead atoms. The van der Waals surface area contributed by atoms with E-state index in [0.29, 0.717) is 22.8 Å². The Balaban J connectivity index is 2.44. The number of benzene rings is 1. The highest BCUT2D eigenvalue weighted by atomic mass is 16.5. The van der Waals surface area contributed by atoms with E-state index < -0.39 is 5.97 Å². The van der Waals surface area contributed by atoms with Gasteiger partial charge in [-0.05, 0) is 24.3 Å². The normalized spacial score (nSPS) is 10.0. The summed E-state index contributed by atoms with van der Waals surface area (Å²) in [6.45, 7) is 0. The number of esters is 1. The number of ether oxygens (including phenoxy) is 1. The zero-order valence-electron chi connectivity index (χ0n) is 10.4. The van der Waals surface area contributed by atoms with Crippen LogP contribution in [0.15, 0.2) is 36.4 Å². The molecule has 0 aliphatic carbocycles. The van der Waals surface area contributed by atoms with Crippen LogP contribution in [0.25, 0.3) is 11.3 Å². The molecule has 0 saturated carbocycles. The molecule has 0 saturated heterocycles. The number of aromatic nitrogens is 1. The van der Waals surface area contributed by atoms with Crippen LogP contribution in [-0.2, 0) is 4.74 Å². The van der Waals surface area contributed by atoms with Crippen molar-refractivity contribution in [3.05, 3.63) is 42.0 Å². The van der Waals surface area contributed by atoms with Crippen LogP contribution in [0.4, 0.5) is 11.5 Å². The van der Waals surface area contributed by atoms with Crippen molar-refractivity contribution in [3.8, 4) is 11.3 Å². The van der Waals surface area contributed by atoms with E-state index in [-0.39, 0.29) is 0 Å². The molecule has 0 fully saturated rings. The maximum Gasteiger partial charge on any atom is 0.337 e. The van der Waals surface area contributed by atoms with Crippen molar-refractivity contribution in [1.29, 1.82) is 0 Å². The Bertz CT molecular complexity index is 613. The minimum absolute atomic E-state index is 0.390. The first kappa shape index (κ1) is 12.8. The zero-order valence-corrected chi connectivity index (χ0v) is 10.4. The number of pyridine rings is 1. The van der Waals surface area contributed by atoms with Crippen molar-refractivity contribution in [3.63, 3.8) is 0 Å². The molecule has 0 spiro atoms. The topological polar surface area (TPSA) is 103 Å². The van der Waals surface area contributed by atoms with Crippen molar-refractivity contribution < 1.29 is 9.53 Å². The third-order valence-electron chi connectivity index (χ3n) is 2.64. The molecular formula is C13H14N4O2. The predicted octanol–water partition coefficient (Wildman–Crippen LogP) is 1.40. The molecule has 0 amide bonds. The van der Waals surface area contributed by atoms with Crippen LogP contribution in [0.3, 0.4) is 0 Å². The largest absolute Gasteiger partial charge is 0.465 e. The van der Waals surface area contributed by atoms with Gasteiger partial charge in [-0.2, -0.15) is 0 Å². The average molecular weight is 258 g/mol. The van der Waals surface area contributed by atoms with Crippen molar-refractivity contribution in [1.82, 2.24) is 4.98 Å². The smallest absolute Gasteiger partial charge is 0.337 e. The summed E-state index contributed by atoms with van der Waals surface area (Å²) in [5, 5.41) is 0. The van der Waals surface area contributed by atoms with Crippen molar-refractivity contribution in [2.24, 2.45) is 5.84 Å². The van der Waals surface area contributed by atoms with E-state index in [1.165, 1.54) is 7.11 Å². The minimum atomic E-state index is -0.394. The summed E-state index contributed by atoms with van der Waals surface area (Å²) in [5.74, 6) is 5.33. The first-order valence-corrected chi connectivity index (χ1v) is 5.57. The van der Waals surface area contributed by atoms with Crippen LogP contribution < -0.4 is 17.0 Å². The van der Waals surface area contributed by atoms with E-state index in [9.17, 15) is 4.79 Å². The third kappa shape index (κ3) is 2.63. The first-order valence-electron chi connectivity index (χ1n) is 5.57. The molecule has 1 aromatic carbocycles. The van der Waals surface area contributed by atoms with E-state index in [1.807, 2.05) is 6.07 Å². The number of nitrogens with two attached hydrogens (primary N) is 2. The quantitative estimate of drug-likeness (QED) is 0.437. The highest BCUT2D eigenvalue weighted by Gasteiger charge is 2.08. The maximum atomic E-state index is 11.5. The van der Waals surface area contributed by atoms with Gasteiger partial charge in [0, 0.05) is 5.56 Å². The third-order valence-corrected chi connectivity index (χ3v) is 2.64. The van der Waals surface area contributed by atoms with Crippen molar-refractivity contribution in [2.45, 2.75) is 0 Å². The summed E-state index contributed by atoms with van der Waals surface area (Å²) in [5.41, 5.74) is 10.5. The van der Waals surface area contributed by atoms with Gasteiger partial charge in [-0.1, -0.05) is 12.1 Å². The number of nitrogens with zero attached hydrogens (tertiary/aromatic N) is 1. The lowest BCUT2D eigenvalue weighted by atomic mass is 10.1. The molecule has 0 aliphatic heterocycles. The second kappa shape index (κ2) is 5.36. The fourth-order valence-electron chi connectivity index (χ4n) is 1.67. The summed E-state index contributed by atoms with van der Waals surface area (Å²) in [7, 11) is 1.34. The van der Waals surface area contributed by atoms with Gasteiger partial charge in [0.2, 0.25) is 0 Å². The first-order chi connectivity index (χ1) is 9.15. The lowest BCUT2D eigenvalue weighted by Gasteiger charge is -2.08. The lowest BCUT2D eigenvalue weighted by molar-refractivity contribution is 0.0601. The summed E-state index contributed by atoms with van der Waals surface area (Å²) >= 11 is 0. The Morgan fingerprint density at radius 3 is 2.79 bits per heavy atom. The molecule has 6 nitrogen and oxygen atoms in total. The fourth-order valence-corrected chi connectivity index (χ4v) is 1.67. The van der Waals surface area contributed by atoms with Crippen LogP contribution in [0, 0.1) is 0 Å². The molecule has 2 aromatic rings. The SMILES string of the molecule is COC(=O)c1cccc(-c2ccc(N)c(NN)n2)c1. The number of hydrogen-bond donors (Lipinski definition) is 3. The Hall–Kier alpha value is -2.60. The highest BCUT2D eigenvalue weighted by Crippen LogP contribution is 2.23. The number of carbonyl (C=O) groups is 1. The molecule has 1 aromatic heterocycles. The van der Waals surface area contributed by atoms with Gasteiger partial charge in [0.05, 0.1) is 24.1 Å². The summed E-state index contributed by atoms with van der Waals surface area (Å²) in [4.78, 5) is 15.8. The second-order valence-corrected chi connectivity index (χ2v) is 3.85. The van der Waals surface area contributed by atoms with Crippen LogP contribution in [0.1, 0.15) is 10.4 Å². The molecule has 0 radical (unpaired) electrons. The van der Waals surface area contributed by atoms with E-state index in [2.05, 4.69) is 15.1 Å². The Morgan fingerprint density at radius 2 is 2.11 bits per heavy atom. The van der Waals surface area contributed by atoms with Gasteiger partial charge < -0.3 is 15.9 Å². The van der Waals surface area contributed by atoms with Gasteiger partial charge in [0.1, 0.15) is 0 Å². The van der Waals surface area contributed by atoms with Crippen molar-refractivity contribution >= 4 is 17.5 Å². The Morgan fingerprint density at radius 1 is 1.32 bits per heavy atom. The Labute approximate surface area is 110 Å². The van der Waals surface area contributed by atoms with E-state index in [1.54, 1.807) is 30.3 Å². The number of nitrogen functional groups attached to an aromatic ring is 2. The lowest BCUT2D eigenvalue weighted by Crippen LogP contribution is -2.11. The monoisotopic (exact) mass is 258 g/mol. The molecule has 5 N–H and O–H groups in total.